The Morgan fingerprint density at radius 3 is 2.43 bits per heavy atom. The molecule has 2 fully saturated rings. The third-order valence-corrected chi connectivity index (χ3v) is 5.17. The summed E-state index contributed by atoms with van der Waals surface area (Å²) in [6, 6.07) is 0.477. The van der Waals surface area contributed by atoms with Crippen molar-refractivity contribution in [2.24, 2.45) is 5.92 Å². The Labute approximate surface area is 128 Å². The Bertz CT molecular complexity index is 318. The quantitative estimate of drug-likeness (QED) is 0.756. The number of rotatable bonds is 7. The molecule has 2 saturated carbocycles. The van der Waals surface area contributed by atoms with E-state index in [9.17, 15) is 4.79 Å². The van der Waals surface area contributed by atoms with E-state index in [1.54, 1.807) is 0 Å². The second-order valence-electron chi connectivity index (χ2n) is 6.86. The Balaban J connectivity index is 1.78. The summed E-state index contributed by atoms with van der Waals surface area (Å²) in [5.74, 6) is -0.744. The lowest BCUT2D eigenvalue weighted by molar-refractivity contribution is -0.143. The van der Waals surface area contributed by atoms with Crippen LogP contribution in [-0.4, -0.2) is 35.9 Å². The van der Waals surface area contributed by atoms with Gasteiger partial charge in [-0.05, 0) is 44.9 Å². The van der Waals surface area contributed by atoms with Gasteiger partial charge in [0.15, 0.2) is 0 Å². The van der Waals surface area contributed by atoms with Crippen LogP contribution in [0.15, 0.2) is 0 Å². The van der Waals surface area contributed by atoms with Crippen molar-refractivity contribution in [3.63, 3.8) is 0 Å². The van der Waals surface area contributed by atoms with Crippen molar-refractivity contribution in [2.75, 3.05) is 13.2 Å². The molecule has 4 nitrogen and oxygen atoms in total. The lowest BCUT2D eigenvalue weighted by atomic mass is 9.82. The predicted molar refractivity (Wildman–Crippen MR) is 83.4 cm³/mol. The van der Waals surface area contributed by atoms with Gasteiger partial charge in [0.1, 0.15) is 0 Å². The Morgan fingerprint density at radius 2 is 1.86 bits per heavy atom. The fourth-order valence-corrected chi connectivity index (χ4v) is 3.76. The van der Waals surface area contributed by atoms with E-state index in [1.165, 1.54) is 32.1 Å². The van der Waals surface area contributed by atoms with Crippen LogP contribution < -0.4 is 5.32 Å². The first-order valence-corrected chi connectivity index (χ1v) is 8.75. The number of carboxylic acids is 1. The molecule has 0 amide bonds. The largest absolute Gasteiger partial charge is 0.481 e. The van der Waals surface area contributed by atoms with Crippen LogP contribution in [0.5, 0.6) is 0 Å². The Hall–Kier alpha value is -0.610. The van der Waals surface area contributed by atoms with Gasteiger partial charge in [0.25, 0.3) is 0 Å². The normalized spacial score (nSPS) is 29.2. The summed E-state index contributed by atoms with van der Waals surface area (Å²) in [4.78, 5) is 11.0. The second kappa shape index (κ2) is 8.14. The molecule has 0 aromatic heterocycles. The number of aliphatic carboxylic acids is 1. The van der Waals surface area contributed by atoms with Crippen LogP contribution in [0.4, 0.5) is 0 Å². The monoisotopic (exact) mass is 297 g/mol. The SMILES string of the molecule is CCCOC1(CNC2CCC(C(=O)O)CC2)CCCCC1. The third kappa shape index (κ3) is 4.96. The Kier molecular flexibility index (Phi) is 6.49. The van der Waals surface area contributed by atoms with Gasteiger partial charge in [-0.2, -0.15) is 0 Å². The van der Waals surface area contributed by atoms with E-state index in [0.29, 0.717) is 6.04 Å². The maximum atomic E-state index is 11.0. The summed E-state index contributed by atoms with van der Waals surface area (Å²) in [5.41, 5.74) is 0.0396. The van der Waals surface area contributed by atoms with Gasteiger partial charge >= 0.3 is 5.97 Å². The summed E-state index contributed by atoms with van der Waals surface area (Å²) in [6.45, 7) is 3.96. The first-order chi connectivity index (χ1) is 10.2. The number of carbonyl (C=O) groups is 1. The minimum atomic E-state index is -0.622. The molecule has 0 aromatic rings. The molecule has 0 atom stereocenters. The van der Waals surface area contributed by atoms with Gasteiger partial charge in [0.2, 0.25) is 0 Å². The zero-order valence-electron chi connectivity index (χ0n) is 13.4. The molecular formula is C17H31NO3. The van der Waals surface area contributed by atoms with E-state index < -0.39 is 5.97 Å². The molecule has 2 rings (SSSR count). The second-order valence-corrected chi connectivity index (χ2v) is 6.86. The van der Waals surface area contributed by atoms with Crippen molar-refractivity contribution in [1.29, 1.82) is 0 Å². The molecule has 21 heavy (non-hydrogen) atoms. The predicted octanol–water partition coefficient (Wildman–Crippen LogP) is 3.35. The number of ether oxygens (including phenoxy) is 1. The molecule has 0 bridgehead atoms. The highest BCUT2D eigenvalue weighted by Crippen LogP contribution is 2.32. The molecule has 0 aliphatic heterocycles. The number of hydrogen-bond acceptors (Lipinski definition) is 3. The maximum Gasteiger partial charge on any atom is 0.306 e. The smallest absolute Gasteiger partial charge is 0.306 e. The van der Waals surface area contributed by atoms with Gasteiger partial charge < -0.3 is 15.2 Å². The molecule has 122 valence electrons. The maximum absolute atomic E-state index is 11.0. The molecule has 0 heterocycles. The average molecular weight is 297 g/mol. The lowest BCUT2D eigenvalue weighted by Gasteiger charge is -2.39. The van der Waals surface area contributed by atoms with Crippen molar-refractivity contribution in [3.8, 4) is 0 Å². The molecule has 2 aliphatic rings. The molecule has 0 spiro atoms. The van der Waals surface area contributed by atoms with Crippen LogP contribution in [0, 0.1) is 5.92 Å². The van der Waals surface area contributed by atoms with Gasteiger partial charge in [-0.15, -0.1) is 0 Å². The summed E-state index contributed by atoms with van der Waals surface area (Å²) in [7, 11) is 0. The average Bonchev–Trinajstić information content (AvgIpc) is 2.52. The molecule has 4 heteroatoms. The first kappa shape index (κ1) is 16.8. The van der Waals surface area contributed by atoms with E-state index in [-0.39, 0.29) is 11.5 Å². The van der Waals surface area contributed by atoms with Gasteiger partial charge in [-0.3, -0.25) is 4.79 Å². The Morgan fingerprint density at radius 1 is 1.19 bits per heavy atom. The van der Waals surface area contributed by atoms with Crippen LogP contribution in [-0.2, 0) is 9.53 Å². The molecule has 0 radical (unpaired) electrons. The molecule has 0 saturated heterocycles. The van der Waals surface area contributed by atoms with Crippen LogP contribution >= 0.6 is 0 Å². The number of hydrogen-bond donors (Lipinski definition) is 2. The zero-order chi connectivity index (χ0) is 15.1. The van der Waals surface area contributed by atoms with Crippen molar-refractivity contribution in [2.45, 2.75) is 82.8 Å². The summed E-state index contributed by atoms with van der Waals surface area (Å²) in [6.07, 6.45) is 10.9. The molecule has 2 aliphatic carbocycles. The van der Waals surface area contributed by atoms with Crippen LogP contribution in [0.2, 0.25) is 0 Å². The van der Waals surface area contributed by atoms with Gasteiger partial charge in [-0.1, -0.05) is 26.2 Å². The van der Waals surface area contributed by atoms with Crippen molar-refractivity contribution in [3.05, 3.63) is 0 Å². The van der Waals surface area contributed by atoms with Crippen LogP contribution in [0.1, 0.15) is 71.1 Å². The van der Waals surface area contributed by atoms with Gasteiger partial charge in [-0.25, -0.2) is 0 Å². The fourth-order valence-electron chi connectivity index (χ4n) is 3.76. The minimum absolute atomic E-state index is 0.0396. The molecule has 2 N–H and O–H groups in total. The molecule has 0 aromatic carbocycles. The lowest BCUT2D eigenvalue weighted by Crippen LogP contribution is -2.48. The van der Waals surface area contributed by atoms with Gasteiger partial charge in [0, 0.05) is 19.2 Å². The topological polar surface area (TPSA) is 58.6 Å². The highest BCUT2D eigenvalue weighted by atomic mass is 16.5. The first-order valence-electron chi connectivity index (χ1n) is 8.75. The van der Waals surface area contributed by atoms with E-state index in [2.05, 4.69) is 12.2 Å². The number of nitrogens with one attached hydrogen (secondary N) is 1. The molecular weight excluding hydrogens is 266 g/mol. The summed E-state index contributed by atoms with van der Waals surface area (Å²) < 4.78 is 6.21. The summed E-state index contributed by atoms with van der Waals surface area (Å²) in [5, 5.41) is 12.7. The minimum Gasteiger partial charge on any atom is -0.481 e. The van der Waals surface area contributed by atoms with E-state index in [1.807, 2.05) is 0 Å². The van der Waals surface area contributed by atoms with Gasteiger partial charge in [0.05, 0.1) is 11.5 Å². The summed E-state index contributed by atoms with van der Waals surface area (Å²) >= 11 is 0. The van der Waals surface area contributed by atoms with E-state index >= 15 is 0 Å². The number of carboxylic acid groups (broad SMARTS) is 1. The van der Waals surface area contributed by atoms with Crippen LogP contribution in [0.3, 0.4) is 0 Å². The van der Waals surface area contributed by atoms with Crippen molar-refractivity contribution < 1.29 is 14.6 Å². The van der Waals surface area contributed by atoms with Crippen molar-refractivity contribution >= 4 is 5.97 Å². The zero-order valence-corrected chi connectivity index (χ0v) is 13.4. The third-order valence-electron chi connectivity index (χ3n) is 5.17. The van der Waals surface area contributed by atoms with E-state index in [4.69, 9.17) is 9.84 Å². The highest BCUT2D eigenvalue weighted by Gasteiger charge is 2.34. The fraction of sp³-hybridized carbons (Fsp3) is 0.941. The highest BCUT2D eigenvalue weighted by molar-refractivity contribution is 5.70. The standard InChI is InChI=1S/C17H31NO3/c1-2-12-21-17(10-4-3-5-11-17)13-18-15-8-6-14(7-9-15)16(19)20/h14-15,18H,2-13H2,1H3,(H,19,20). The van der Waals surface area contributed by atoms with Crippen LogP contribution in [0.25, 0.3) is 0 Å². The molecule has 0 unspecified atom stereocenters. The van der Waals surface area contributed by atoms with Crippen molar-refractivity contribution in [1.82, 2.24) is 5.32 Å². The van der Waals surface area contributed by atoms with E-state index in [0.717, 1.165) is 45.3 Å².